The fraction of sp³-hybridized carbons (Fsp3) is 0.467. The van der Waals surface area contributed by atoms with E-state index in [2.05, 4.69) is 43.2 Å². The Bertz CT molecular complexity index is 647. The number of aromatic amines is 1. The topological polar surface area (TPSA) is 66.0 Å². The van der Waals surface area contributed by atoms with Crippen molar-refractivity contribution in [2.45, 2.75) is 25.4 Å². The monoisotopic (exact) mass is 287 g/mol. The molecule has 0 spiro atoms. The lowest BCUT2D eigenvalue weighted by Gasteiger charge is -2.33. The van der Waals surface area contributed by atoms with Crippen LogP contribution in [0.25, 0.3) is 0 Å². The van der Waals surface area contributed by atoms with Crippen LogP contribution in [0.5, 0.6) is 0 Å². The Hall–Kier alpha value is -2.08. The molecule has 2 aromatic rings. The molecule has 1 atom stereocenters. The lowest BCUT2D eigenvalue weighted by atomic mass is 10.1. The van der Waals surface area contributed by atoms with Gasteiger partial charge >= 0.3 is 0 Å². The molecule has 21 heavy (non-hydrogen) atoms. The number of aromatic nitrogens is 3. The van der Waals surface area contributed by atoms with Gasteiger partial charge in [0.15, 0.2) is 5.82 Å². The Morgan fingerprint density at radius 2 is 2.43 bits per heavy atom. The number of hydrogen-bond donors (Lipinski definition) is 2. The Morgan fingerprint density at radius 1 is 1.52 bits per heavy atom. The molecule has 0 radical (unpaired) electrons. The van der Waals surface area contributed by atoms with Crippen molar-refractivity contribution < 1.29 is 0 Å². The van der Waals surface area contributed by atoms with Crippen molar-refractivity contribution in [1.29, 1.82) is 0 Å². The molecule has 1 fully saturated rings. The summed E-state index contributed by atoms with van der Waals surface area (Å²) < 4.78 is 2.05. The number of nitrogens with zero attached hydrogens (tertiary/aromatic N) is 3. The van der Waals surface area contributed by atoms with Crippen LogP contribution in [-0.2, 0) is 13.6 Å². The van der Waals surface area contributed by atoms with E-state index in [1.165, 1.54) is 5.56 Å². The first-order valence-electron chi connectivity index (χ1n) is 7.35. The van der Waals surface area contributed by atoms with E-state index in [0.717, 1.165) is 32.5 Å². The van der Waals surface area contributed by atoms with E-state index in [9.17, 15) is 4.79 Å². The maximum Gasteiger partial charge on any atom is 0.290 e. The van der Waals surface area contributed by atoms with Crippen molar-refractivity contribution in [3.05, 3.63) is 46.8 Å². The molecule has 0 bridgehead atoms. The molecule has 1 aliphatic rings. The van der Waals surface area contributed by atoms with Crippen molar-refractivity contribution in [3.63, 3.8) is 0 Å². The molecule has 0 aromatic carbocycles. The first-order chi connectivity index (χ1) is 10.2. The summed E-state index contributed by atoms with van der Waals surface area (Å²) >= 11 is 0. The second-order valence-corrected chi connectivity index (χ2v) is 5.59. The molecular weight excluding hydrogens is 266 g/mol. The molecule has 112 valence electrons. The van der Waals surface area contributed by atoms with E-state index in [4.69, 9.17) is 0 Å². The SMILES string of the molecule is Cn1ccc(CN[C@H]2CCCN(c3ncc[nH]c3=O)C2)c1. The molecular formula is C15H21N5O. The van der Waals surface area contributed by atoms with Crippen molar-refractivity contribution in [1.82, 2.24) is 19.9 Å². The van der Waals surface area contributed by atoms with Crippen molar-refractivity contribution in [2.24, 2.45) is 7.05 Å². The van der Waals surface area contributed by atoms with Crippen LogP contribution in [0.1, 0.15) is 18.4 Å². The van der Waals surface area contributed by atoms with E-state index in [1.807, 2.05) is 7.05 Å². The van der Waals surface area contributed by atoms with Gasteiger partial charge in [0.2, 0.25) is 0 Å². The van der Waals surface area contributed by atoms with Gasteiger partial charge in [-0.15, -0.1) is 0 Å². The summed E-state index contributed by atoms with van der Waals surface area (Å²) in [5.41, 5.74) is 1.17. The molecule has 3 heterocycles. The molecule has 2 N–H and O–H groups in total. The summed E-state index contributed by atoms with van der Waals surface area (Å²) in [4.78, 5) is 20.8. The molecule has 0 saturated carbocycles. The van der Waals surface area contributed by atoms with Crippen LogP contribution in [-0.4, -0.2) is 33.7 Å². The quantitative estimate of drug-likeness (QED) is 0.875. The second-order valence-electron chi connectivity index (χ2n) is 5.59. The van der Waals surface area contributed by atoms with Crippen LogP contribution in [0.4, 0.5) is 5.82 Å². The van der Waals surface area contributed by atoms with Crippen LogP contribution in [0.3, 0.4) is 0 Å². The Morgan fingerprint density at radius 3 is 3.19 bits per heavy atom. The number of hydrogen-bond acceptors (Lipinski definition) is 4. The van der Waals surface area contributed by atoms with Gasteiger partial charge < -0.3 is 19.8 Å². The van der Waals surface area contributed by atoms with Gasteiger partial charge in [0, 0.05) is 57.5 Å². The van der Waals surface area contributed by atoms with Gasteiger partial charge in [-0.1, -0.05) is 0 Å². The molecule has 0 unspecified atom stereocenters. The van der Waals surface area contributed by atoms with Crippen LogP contribution in [0, 0.1) is 0 Å². The maximum absolute atomic E-state index is 11.8. The average molecular weight is 287 g/mol. The van der Waals surface area contributed by atoms with Gasteiger partial charge in [-0.3, -0.25) is 4.79 Å². The number of anilines is 1. The molecule has 0 amide bonds. The van der Waals surface area contributed by atoms with Gasteiger partial charge in [0.1, 0.15) is 0 Å². The minimum Gasteiger partial charge on any atom is -0.357 e. The number of piperidine rings is 1. The predicted molar refractivity (Wildman–Crippen MR) is 82.3 cm³/mol. The number of H-pyrrole nitrogens is 1. The standard InChI is InChI=1S/C15H21N5O/c1-19-8-4-12(10-19)9-18-13-3-2-7-20(11-13)14-15(21)17-6-5-16-14/h4-6,8,10,13,18H,2-3,7,9,11H2,1H3,(H,17,21)/t13-/m0/s1. The summed E-state index contributed by atoms with van der Waals surface area (Å²) in [6.07, 6.45) is 9.59. The van der Waals surface area contributed by atoms with Gasteiger partial charge in [-0.2, -0.15) is 0 Å². The largest absolute Gasteiger partial charge is 0.357 e. The van der Waals surface area contributed by atoms with E-state index in [-0.39, 0.29) is 5.56 Å². The first-order valence-corrected chi connectivity index (χ1v) is 7.35. The molecule has 0 aliphatic carbocycles. The van der Waals surface area contributed by atoms with E-state index < -0.39 is 0 Å². The van der Waals surface area contributed by atoms with Crippen molar-refractivity contribution >= 4 is 5.82 Å². The van der Waals surface area contributed by atoms with Crippen LogP contribution in [0.2, 0.25) is 0 Å². The molecule has 1 aliphatic heterocycles. The van der Waals surface area contributed by atoms with Gasteiger partial charge in [-0.05, 0) is 24.5 Å². The zero-order chi connectivity index (χ0) is 14.7. The Balaban J connectivity index is 1.61. The smallest absolute Gasteiger partial charge is 0.290 e. The van der Waals surface area contributed by atoms with Crippen molar-refractivity contribution in [2.75, 3.05) is 18.0 Å². The fourth-order valence-corrected chi connectivity index (χ4v) is 2.83. The van der Waals surface area contributed by atoms with Crippen LogP contribution < -0.4 is 15.8 Å². The zero-order valence-corrected chi connectivity index (χ0v) is 12.2. The molecule has 6 heteroatoms. The number of aryl methyl sites for hydroxylation is 1. The first kappa shape index (κ1) is 13.9. The Labute approximate surface area is 123 Å². The third-order valence-electron chi connectivity index (χ3n) is 3.90. The third kappa shape index (κ3) is 3.33. The normalized spacial score (nSPS) is 18.9. The molecule has 2 aromatic heterocycles. The highest BCUT2D eigenvalue weighted by Gasteiger charge is 2.22. The Kier molecular flexibility index (Phi) is 4.06. The second kappa shape index (κ2) is 6.13. The fourth-order valence-electron chi connectivity index (χ4n) is 2.83. The number of rotatable bonds is 4. The van der Waals surface area contributed by atoms with Gasteiger partial charge in [-0.25, -0.2) is 4.98 Å². The molecule has 3 rings (SSSR count). The van der Waals surface area contributed by atoms with Gasteiger partial charge in [0.05, 0.1) is 0 Å². The van der Waals surface area contributed by atoms with E-state index in [0.29, 0.717) is 11.9 Å². The lowest BCUT2D eigenvalue weighted by Crippen LogP contribution is -2.47. The molecule has 6 nitrogen and oxygen atoms in total. The summed E-state index contributed by atoms with van der Waals surface area (Å²) in [5, 5.41) is 3.58. The van der Waals surface area contributed by atoms with E-state index in [1.54, 1.807) is 12.4 Å². The van der Waals surface area contributed by atoms with Crippen molar-refractivity contribution in [3.8, 4) is 0 Å². The van der Waals surface area contributed by atoms with Gasteiger partial charge in [0.25, 0.3) is 5.56 Å². The highest BCUT2D eigenvalue weighted by molar-refractivity contribution is 5.36. The highest BCUT2D eigenvalue weighted by atomic mass is 16.1. The summed E-state index contributed by atoms with van der Waals surface area (Å²) in [5.74, 6) is 0.531. The van der Waals surface area contributed by atoms with Crippen LogP contribution >= 0.6 is 0 Å². The predicted octanol–water partition coefficient (Wildman–Crippen LogP) is 0.867. The highest BCUT2D eigenvalue weighted by Crippen LogP contribution is 2.14. The number of nitrogens with one attached hydrogen (secondary N) is 2. The lowest BCUT2D eigenvalue weighted by molar-refractivity contribution is 0.419. The summed E-state index contributed by atoms with van der Waals surface area (Å²) in [6.45, 7) is 2.58. The summed E-state index contributed by atoms with van der Waals surface area (Å²) in [6, 6.07) is 2.51. The molecule has 1 saturated heterocycles. The maximum atomic E-state index is 11.8. The minimum absolute atomic E-state index is 0.110. The zero-order valence-electron chi connectivity index (χ0n) is 12.2. The third-order valence-corrected chi connectivity index (χ3v) is 3.90. The minimum atomic E-state index is -0.110. The van der Waals surface area contributed by atoms with E-state index >= 15 is 0 Å². The average Bonchev–Trinajstić information content (AvgIpc) is 2.92. The van der Waals surface area contributed by atoms with Crippen LogP contribution in [0.15, 0.2) is 35.6 Å². The summed E-state index contributed by atoms with van der Waals surface area (Å²) in [7, 11) is 2.03.